The molecule has 2 amide bonds. The van der Waals surface area contributed by atoms with E-state index in [1.165, 1.54) is 7.11 Å². The molecule has 48 heavy (non-hydrogen) atoms. The summed E-state index contributed by atoms with van der Waals surface area (Å²) < 4.78 is 36.4. The van der Waals surface area contributed by atoms with Crippen molar-refractivity contribution in [3.63, 3.8) is 0 Å². The first-order valence-electron chi connectivity index (χ1n) is 15.4. The number of urea groups is 1. The van der Waals surface area contributed by atoms with Crippen LogP contribution in [0.1, 0.15) is 26.3 Å². The zero-order valence-electron chi connectivity index (χ0n) is 27.7. The van der Waals surface area contributed by atoms with E-state index in [4.69, 9.17) is 18.9 Å². The Kier molecular flexibility index (Phi) is 8.90. The van der Waals surface area contributed by atoms with Crippen LogP contribution in [0.5, 0.6) is 28.9 Å². The lowest BCUT2D eigenvalue weighted by Gasteiger charge is -2.25. The zero-order chi connectivity index (χ0) is 34.1. The molecule has 0 saturated carbocycles. The summed E-state index contributed by atoms with van der Waals surface area (Å²) in [6, 6.07) is 21.6. The van der Waals surface area contributed by atoms with Gasteiger partial charge in [-0.2, -0.15) is 4.98 Å². The van der Waals surface area contributed by atoms with Crippen LogP contribution in [0.15, 0.2) is 79.0 Å². The van der Waals surface area contributed by atoms with Gasteiger partial charge in [0.25, 0.3) is 0 Å². The Morgan fingerprint density at radius 1 is 0.875 bits per heavy atom. The first kappa shape index (κ1) is 32.7. The number of aromatic nitrogens is 2. The van der Waals surface area contributed by atoms with Crippen molar-refractivity contribution in [2.75, 3.05) is 49.6 Å². The summed E-state index contributed by atoms with van der Waals surface area (Å²) >= 11 is 0. The van der Waals surface area contributed by atoms with E-state index in [1.54, 1.807) is 37.7 Å². The van der Waals surface area contributed by atoms with Crippen molar-refractivity contribution in [3.05, 3.63) is 84.6 Å². The quantitative estimate of drug-likeness (QED) is 0.140. The Morgan fingerprint density at radius 3 is 2.33 bits per heavy atom. The molecule has 11 nitrogen and oxygen atoms in total. The first-order chi connectivity index (χ1) is 22.9. The molecule has 0 aliphatic carbocycles. The van der Waals surface area contributed by atoms with Crippen LogP contribution in [0.2, 0.25) is 0 Å². The summed E-state index contributed by atoms with van der Waals surface area (Å²) in [7, 11) is -1.22. The number of nitrogens with zero attached hydrogens (tertiary/aromatic N) is 2. The highest BCUT2D eigenvalue weighted by Crippen LogP contribution is 2.44. The molecule has 0 unspecified atom stereocenters. The third kappa shape index (κ3) is 7.16. The van der Waals surface area contributed by atoms with Crippen LogP contribution >= 0.6 is 7.14 Å². The molecule has 4 aromatic carbocycles. The molecule has 0 bridgehead atoms. The predicted molar refractivity (Wildman–Crippen MR) is 190 cm³/mol. The fraction of sp³-hybridized carbons (Fsp3) is 0.250. The lowest BCUT2D eigenvalue weighted by atomic mass is 9.86. The average molecular weight is 668 g/mol. The molecule has 12 heteroatoms. The van der Waals surface area contributed by atoms with Gasteiger partial charge < -0.3 is 39.5 Å². The number of nitrogens with one attached hydrogen (secondary N) is 3. The summed E-state index contributed by atoms with van der Waals surface area (Å²) in [4.78, 5) is 22.3. The van der Waals surface area contributed by atoms with Gasteiger partial charge in [0.15, 0.2) is 17.2 Å². The fourth-order valence-electron chi connectivity index (χ4n) is 5.32. The van der Waals surface area contributed by atoms with Crippen molar-refractivity contribution in [1.82, 2.24) is 9.97 Å². The zero-order valence-corrected chi connectivity index (χ0v) is 28.6. The fourth-order valence-corrected chi connectivity index (χ4v) is 6.47. The van der Waals surface area contributed by atoms with E-state index >= 15 is 0 Å². The first-order valence-corrected chi connectivity index (χ1v) is 18.0. The SMILES string of the molecule is COc1c(NC(=O)Nc2ccc(Oc3ccnc(Nc4ccc5c(c4)OCCO5)n3)c3ccccc23)cc(C(C)(C)C)cc1P(C)(C)=O. The third-order valence-electron chi connectivity index (χ3n) is 7.74. The number of methoxy groups -OCH3 is 1. The van der Waals surface area contributed by atoms with Crippen LogP contribution in [0.3, 0.4) is 0 Å². The molecule has 6 rings (SSSR count). The van der Waals surface area contributed by atoms with Crippen LogP contribution < -0.4 is 40.2 Å². The van der Waals surface area contributed by atoms with Gasteiger partial charge in [0.2, 0.25) is 11.8 Å². The largest absolute Gasteiger partial charge is 0.494 e. The van der Waals surface area contributed by atoms with E-state index in [2.05, 4.69) is 46.7 Å². The van der Waals surface area contributed by atoms with Crippen molar-refractivity contribution in [2.45, 2.75) is 26.2 Å². The smallest absolute Gasteiger partial charge is 0.323 e. The minimum atomic E-state index is -2.73. The number of carbonyl (C=O) groups is 1. The highest BCUT2D eigenvalue weighted by Gasteiger charge is 2.26. The third-order valence-corrected chi connectivity index (χ3v) is 9.24. The molecule has 248 valence electrons. The summed E-state index contributed by atoms with van der Waals surface area (Å²) in [5.41, 5.74) is 2.44. The molecular weight excluding hydrogens is 629 g/mol. The van der Waals surface area contributed by atoms with Gasteiger partial charge in [0.1, 0.15) is 26.1 Å². The van der Waals surface area contributed by atoms with Crippen molar-refractivity contribution in [2.24, 2.45) is 0 Å². The Labute approximate surface area is 279 Å². The van der Waals surface area contributed by atoms with E-state index in [0.717, 1.165) is 22.0 Å². The van der Waals surface area contributed by atoms with Crippen LogP contribution in [-0.4, -0.2) is 49.7 Å². The number of ether oxygens (including phenoxy) is 4. The van der Waals surface area contributed by atoms with Crippen LogP contribution in [0, 0.1) is 0 Å². The number of rotatable bonds is 8. The number of anilines is 4. The summed E-state index contributed by atoms with van der Waals surface area (Å²) in [5, 5.41) is 11.2. The van der Waals surface area contributed by atoms with E-state index in [1.807, 2.05) is 54.6 Å². The summed E-state index contributed by atoms with van der Waals surface area (Å²) in [5.74, 6) is 2.96. The van der Waals surface area contributed by atoms with Gasteiger partial charge in [-0.25, -0.2) is 9.78 Å². The standard InChI is InChI=1S/C36H38N5O6P/c1-36(2,3)22-19-27(33(44-4)31(20-22)48(5,6)43)40-35(42)39-26-12-14-28(25-10-8-7-9-24(25)26)47-32-15-16-37-34(41-32)38-23-11-13-29-30(21-23)46-18-17-45-29/h7-16,19-21H,17-18H2,1-6H3,(H,37,38,41)(H2,39,40,42). The number of benzene rings is 4. The lowest BCUT2D eigenvalue weighted by Crippen LogP contribution is -2.23. The molecule has 0 spiro atoms. The van der Waals surface area contributed by atoms with E-state index < -0.39 is 13.2 Å². The Hall–Kier alpha value is -5.28. The molecule has 1 aromatic heterocycles. The van der Waals surface area contributed by atoms with E-state index in [9.17, 15) is 9.36 Å². The Balaban J connectivity index is 1.23. The summed E-state index contributed by atoms with van der Waals surface area (Å²) in [6.45, 7) is 10.6. The lowest BCUT2D eigenvalue weighted by molar-refractivity contribution is 0.171. The van der Waals surface area contributed by atoms with E-state index in [0.29, 0.717) is 64.7 Å². The maximum absolute atomic E-state index is 13.4. The maximum atomic E-state index is 13.4. The monoisotopic (exact) mass is 667 g/mol. The van der Waals surface area contributed by atoms with Gasteiger partial charge in [-0.15, -0.1) is 0 Å². The molecule has 5 aromatic rings. The number of hydrogen-bond donors (Lipinski definition) is 3. The van der Waals surface area contributed by atoms with Crippen molar-refractivity contribution >= 4 is 52.3 Å². The molecular formula is C36H38N5O6P. The molecule has 1 aliphatic heterocycles. The second-order valence-electron chi connectivity index (χ2n) is 12.7. The van der Waals surface area contributed by atoms with Crippen molar-refractivity contribution in [3.8, 4) is 28.9 Å². The molecule has 0 atom stereocenters. The molecule has 0 saturated heterocycles. The van der Waals surface area contributed by atoms with Crippen LogP contribution in [0.25, 0.3) is 10.8 Å². The second kappa shape index (κ2) is 13.1. The molecule has 3 N–H and O–H groups in total. The van der Waals surface area contributed by atoms with Gasteiger partial charge in [0.05, 0.1) is 23.8 Å². The topological polar surface area (TPSA) is 133 Å². The van der Waals surface area contributed by atoms with Gasteiger partial charge >= 0.3 is 6.03 Å². The van der Waals surface area contributed by atoms with Crippen LogP contribution in [0.4, 0.5) is 27.8 Å². The Morgan fingerprint density at radius 2 is 1.60 bits per heavy atom. The Bertz CT molecular complexity index is 2060. The normalized spacial score (nSPS) is 12.7. The van der Waals surface area contributed by atoms with Crippen molar-refractivity contribution < 1.29 is 28.3 Å². The maximum Gasteiger partial charge on any atom is 0.323 e. The number of hydrogen-bond acceptors (Lipinski definition) is 9. The second-order valence-corrected chi connectivity index (χ2v) is 15.9. The summed E-state index contributed by atoms with van der Waals surface area (Å²) in [6.07, 6.45) is 1.61. The molecule has 0 fully saturated rings. The van der Waals surface area contributed by atoms with Gasteiger partial charge in [0, 0.05) is 34.8 Å². The minimum absolute atomic E-state index is 0.249. The molecule has 1 aliphatic rings. The highest BCUT2D eigenvalue weighted by molar-refractivity contribution is 7.70. The van der Waals surface area contributed by atoms with Gasteiger partial charge in [-0.3, -0.25) is 0 Å². The number of amides is 2. The number of carbonyl (C=O) groups excluding carboxylic acids is 1. The number of fused-ring (bicyclic) bond motifs is 2. The minimum Gasteiger partial charge on any atom is -0.494 e. The van der Waals surface area contributed by atoms with Crippen LogP contribution in [-0.2, 0) is 9.98 Å². The van der Waals surface area contributed by atoms with Gasteiger partial charge in [-0.05, 0) is 60.7 Å². The predicted octanol–water partition coefficient (Wildman–Crippen LogP) is 8.14. The van der Waals surface area contributed by atoms with Crippen molar-refractivity contribution in [1.29, 1.82) is 0 Å². The van der Waals surface area contributed by atoms with Gasteiger partial charge in [-0.1, -0.05) is 45.0 Å². The van der Waals surface area contributed by atoms with E-state index in [-0.39, 0.29) is 5.41 Å². The average Bonchev–Trinajstić information content (AvgIpc) is 3.05. The molecule has 0 radical (unpaired) electrons. The molecule has 2 heterocycles. The highest BCUT2D eigenvalue weighted by atomic mass is 31.2.